The lowest BCUT2D eigenvalue weighted by Gasteiger charge is -2.10. The quantitative estimate of drug-likeness (QED) is 0.544. The Balaban J connectivity index is 1.58. The van der Waals surface area contributed by atoms with E-state index in [1.54, 1.807) is 10.7 Å². The summed E-state index contributed by atoms with van der Waals surface area (Å²) in [5.74, 6) is -1.50. The van der Waals surface area contributed by atoms with Crippen molar-refractivity contribution in [1.82, 2.24) is 15.1 Å². The molecule has 3 aromatic rings. The molecule has 0 unspecified atom stereocenters. The Morgan fingerprint density at radius 1 is 1.20 bits per heavy atom. The van der Waals surface area contributed by atoms with Gasteiger partial charge in [-0.2, -0.15) is 5.10 Å². The highest BCUT2D eigenvalue weighted by Gasteiger charge is 2.15. The molecule has 1 aromatic heterocycles. The first kappa shape index (κ1) is 21.5. The first-order valence-corrected chi connectivity index (χ1v) is 9.85. The topological polar surface area (TPSA) is 73.2 Å². The zero-order valence-electron chi connectivity index (χ0n) is 16.4. The second kappa shape index (κ2) is 10.0. The van der Waals surface area contributed by atoms with E-state index in [0.29, 0.717) is 22.8 Å². The van der Waals surface area contributed by atoms with Crippen LogP contribution in [-0.2, 0) is 22.7 Å². The van der Waals surface area contributed by atoms with Gasteiger partial charge in [0.2, 0.25) is 0 Å². The Hall–Kier alpha value is -3.19. The van der Waals surface area contributed by atoms with Crippen molar-refractivity contribution in [2.45, 2.75) is 26.5 Å². The number of hydrogen-bond acceptors (Lipinski definition) is 4. The van der Waals surface area contributed by atoms with Crippen LogP contribution >= 0.6 is 11.6 Å². The number of amides is 1. The van der Waals surface area contributed by atoms with E-state index in [1.807, 2.05) is 37.3 Å². The van der Waals surface area contributed by atoms with E-state index >= 15 is 0 Å². The number of nitrogens with zero attached hydrogens (tertiary/aromatic N) is 2. The normalized spacial score (nSPS) is 10.6. The van der Waals surface area contributed by atoms with Crippen molar-refractivity contribution in [1.29, 1.82) is 0 Å². The molecule has 1 N–H and O–H groups in total. The van der Waals surface area contributed by atoms with Gasteiger partial charge in [-0.3, -0.25) is 14.3 Å². The molecular weight excluding hydrogens is 409 g/mol. The fraction of sp³-hybridized carbons (Fsp3) is 0.227. The van der Waals surface area contributed by atoms with Crippen LogP contribution < -0.4 is 5.32 Å². The van der Waals surface area contributed by atoms with Gasteiger partial charge in [-0.05, 0) is 30.7 Å². The van der Waals surface area contributed by atoms with Crippen LogP contribution in [0.15, 0.2) is 54.7 Å². The molecule has 0 radical (unpaired) electrons. The summed E-state index contributed by atoms with van der Waals surface area (Å²) >= 11 is 6.18. The summed E-state index contributed by atoms with van der Waals surface area (Å²) in [6, 6.07) is 13.3. The number of hydrogen-bond donors (Lipinski definition) is 1. The summed E-state index contributed by atoms with van der Waals surface area (Å²) in [4.78, 5) is 24.3. The minimum Gasteiger partial charge on any atom is -0.461 e. The van der Waals surface area contributed by atoms with Crippen molar-refractivity contribution in [3.05, 3.63) is 76.7 Å². The number of ether oxygens (including phenoxy) is 1. The molecule has 0 spiro atoms. The third kappa shape index (κ3) is 5.45. The third-order valence-corrected chi connectivity index (χ3v) is 4.66. The molecule has 30 heavy (non-hydrogen) atoms. The molecule has 2 aromatic carbocycles. The summed E-state index contributed by atoms with van der Waals surface area (Å²) in [6.45, 7) is 2.68. The Bertz CT molecular complexity index is 1040. The van der Waals surface area contributed by atoms with E-state index < -0.39 is 17.7 Å². The maximum Gasteiger partial charge on any atom is 0.307 e. The molecule has 0 aliphatic carbocycles. The monoisotopic (exact) mass is 429 g/mol. The van der Waals surface area contributed by atoms with Crippen LogP contribution in [0, 0.1) is 5.82 Å². The van der Waals surface area contributed by atoms with Gasteiger partial charge < -0.3 is 10.1 Å². The van der Waals surface area contributed by atoms with E-state index in [2.05, 4.69) is 10.4 Å². The second-order valence-corrected chi connectivity index (χ2v) is 6.94. The standard InChI is InChI=1S/C22H21ClFN3O3/c1-2-27-21(19(23)13-26-27)16-10-17(12-18(24)11-16)22(29)25-9-8-20(28)30-14-15-6-4-3-5-7-15/h3-7,10-13H,2,8-9,14H2,1H3,(H,25,29). The van der Waals surface area contributed by atoms with Gasteiger partial charge in [0.15, 0.2) is 0 Å². The lowest BCUT2D eigenvalue weighted by molar-refractivity contribution is -0.144. The smallest absolute Gasteiger partial charge is 0.307 e. The summed E-state index contributed by atoms with van der Waals surface area (Å²) in [5, 5.41) is 7.11. The molecule has 6 nitrogen and oxygen atoms in total. The van der Waals surface area contributed by atoms with Crippen molar-refractivity contribution >= 4 is 23.5 Å². The molecule has 0 aliphatic heterocycles. The highest BCUT2D eigenvalue weighted by Crippen LogP contribution is 2.29. The first-order valence-electron chi connectivity index (χ1n) is 9.48. The lowest BCUT2D eigenvalue weighted by atomic mass is 10.1. The van der Waals surface area contributed by atoms with E-state index in [0.717, 1.165) is 11.6 Å². The minimum absolute atomic E-state index is 0.00911. The average Bonchev–Trinajstić information content (AvgIpc) is 3.13. The van der Waals surface area contributed by atoms with Crippen LogP contribution in [-0.4, -0.2) is 28.2 Å². The van der Waals surface area contributed by atoms with Crippen LogP contribution in [0.1, 0.15) is 29.3 Å². The van der Waals surface area contributed by atoms with Crippen molar-refractivity contribution < 1.29 is 18.7 Å². The average molecular weight is 430 g/mol. The van der Waals surface area contributed by atoms with Gasteiger partial charge in [-0.1, -0.05) is 41.9 Å². The van der Waals surface area contributed by atoms with Gasteiger partial charge >= 0.3 is 5.97 Å². The first-order chi connectivity index (χ1) is 14.5. The molecule has 0 saturated heterocycles. The summed E-state index contributed by atoms with van der Waals surface area (Å²) in [6.07, 6.45) is 1.49. The SMILES string of the molecule is CCn1ncc(Cl)c1-c1cc(F)cc(C(=O)NCCC(=O)OCc2ccccc2)c1. The molecule has 1 amide bonds. The molecule has 0 atom stereocenters. The van der Waals surface area contributed by atoms with Crippen molar-refractivity contribution in [2.75, 3.05) is 6.54 Å². The number of benzene rings is 2. The van der Waals surface area contributed by atoms with Crippen LogP contribution in [0.25, 0.3) is 11.3 Å². The highest BCUT2D eigenvalue weighted by atomic mass is 35.5. The molecule has 3 rings (SSSR count). The fourth-order valence-corrected chi connectivity index (χ4v) is 3.19. The summed E-state index contributed by atoms with van der Waals surface area (Å²) in [7, 11) is 0. The predicted octanol–water partition coefficient (Wildman–Crippen LogP) is 4.23. The minimum atomic E-state index is -0.570. The van der Waals surface area contributed by atoms with Gasteiger partial charge in [0.05, 0.1) is 23.3 Å². The summed E-state index contributed by atoms with van der Waals surface area (Å²) in [5.41, 5.74) is 2.00. The van der Waals surface area contributed by atoms with Gasteiger partial charge in [0.1, 0.15) is 12.4 Å². The zero-order valence-corrected chi connectivity index (χ0v) is 17.2. The Labute approximate surface area is 178 Å². The van der Waals surface area contributed by atoms with Crippen molar-refractivity contribution in [2.24, 2.45) is 0 Å². The largest absolute Gasteiger partial charge is 0.461 e. The van der Waals surface area contributed by atoms with E-state index in [1.165, 1.54) is 12.3 Å². The van der Waals surface area contributed by atoms with Crippen LogP contribution in [0.3, 0.4) is 0 Å². The van der Waals surface area contributed by atoms with Gasteiger partial charge in [0.25, 0.3) is 5.91 Å². The number of carbonyl (C=O) groups excluding carboxylic acids is 2. The predicted molar refractivity (Wildman–Crippen MR) is 111 cm³/mol. The Morgan fingerprint density at radius 2 is 1.97 bits per heavy atom. The third-order valence-electron chi connectivity index (χ3n) is 4.39. The molecule has 0 fully saturated rings. The van der Waals surface area contributed by atoms with Gasteiger partial charge in [-0.15, -0.1) is 0 Å². The van der Waals surface area contributed by atoms with Crippen molar-refractivity contribution in [3.8, 4) is 11.3 Å². The maximum atomic E-state index is 14.1. The van der Waals surface area contributed by atoms with Crippen LogP contribution in [0.4, 0.5) is 4.39 Å². The Kier molecular flexibility index (Phi) is 7.19. The zero-order chi connectivity index (χ0) is 21.5. The van der Waals surface area contributed by atoms with Gasteiger partial charge in [-0.25, -0.2) is 4.39 Å². The molecule has 1 heterocycles. The molecule has 0 aliphatic rings. The molecule has 0 saturated carbocycles. The number of aryl methyl sites for hydroxylation is 1. The second-order valence-electron chi connectivity index (χ2n) is 6.54. The molecule has 156 valence electrons. The van der Waals surface area contributed by atoms with E-state index in [4.69, 9.17) is 16.3 Å². The number of esters is 1. The molecule has 8 heteroatoms. The molecular formula is C22H21ClFN3O3. The van der Waals surface area contributed by atoms with E-state index in [-0.39, 0.29) is 25.1 Å². The number of nitrogens with one attached hydrogen (secondary N) is 1. The Morgan fingerprint density at radius 3 is 2.70 bits per heavy atom. The van der Waals surface area contributed by atoms with Crippen molar-refractivity contribution in [3.63, 3.8) is 0 Å². The maximum absolute atomic E-state index is 14.1. The van der Waals surface area contributed by atoms with Crippen LogP contribution in [0.2, 0.25) is 5.02 Å². The number of carbonyl (C=O) groups is 2. The van der Waals surface area contributed by atoms with E-state index in [9.17, 15) is 14.0 Å². The van der Waals surface area contributed by atoms with Gasteiger partial charge in [0, 0.05) is 24.2 Å². The number of halogens is 2. The lowest BCUT2D eigenvalue weighted by Crippen LogP contribution is -2.26. The fourth-order valence-electron chi connectivity index (χ4n) is 2.94. The molecule has 0 bridgehead atoms. The summed E-state index contributed by atoms with van der Waals surface area (Å²) < 4.78 is 20.9. The highest BCUT2D eigenvalue weighted by molar-refractivity contribution is 6.33. The number of rotatable bonds is 8. The number of aromatic nitrogens is 2. The van der Waals surface area contributed by atoms with Crippen LogP contribution in [0.5, 0.6) is 0 Å².